The number of hydrogen-bond acceptors (Lipinski definition) is 1. The summed E-state index contributed by atoms with van der Waals surface area (Å²) in [4.78, 5) is 2.74. The van der Waals surface area contributed by atoms with Gasteiger partial charge in [-0.2, -0.15) is 0 Å². The summed E-state index contributed by atoms with van der Waals surface area (Å²) in [6.45, 7) is 8.63. The van der Waals surface area contributed by atoms with Crippen molar-refractivity contribution in [3.63, 3.8) is 0 Å². The van der Waals surface area contributed by atoms with Gasteiger partial charge in [0, 0.05) is 0 Å². The van der Waals surface area contributed by atoms with Gasteiger partial charge in [-0.05, 0) is 51.5 Å². The second kappa shape index (κ2) is 17.4. The van der Waals surface area contributed by atoms with Crippen LogP contribution < -0.4 is 0 Å². The highest BCUT2D eigenvalue weighted by atomic mass is 31.0. The number of rotatable bonds is 16. The van der Waals surface area contributed by atoms with Crippen molar-refractivity contribution in [2.24, 2.45) is 0 Å². The van der Waals surface area contributed by atoms with E-state index in [1.54, 1.807) is 0 Å². The highest BCUT2D eigenvalue weighted by Crippen LogP contribution is 2.08. The van der Waals surface area contributed by atoms with Gasteiger partial charge in [-0.15, -0.1) is 9.24 Å². The zero-order valence-corrected chi connectivity index (χ0v) is 15.5. The average molecular weight is 301 g/mol. The lowest BCUT2D eigenvalue weighted by atomic mass is 10.1. The lowest BCUT2D eigenvalue weighted by Gasteiger charge is -2.22. The molecule has 2 heteroatoms. The first-order valence-corrected chi connectivity index (χ1v) is 10.1. The molecular formula is C18H40NP. The third kappa shape index (κ3) is 14.8. The molecule has 0 radical (unpaired) electrons. The van der Waals surface area contributed by atoms with Crippen molar-refractivity contribution in [2.45, 2.75) is 90.9 Å². The van der Waals surface area contributed by atoms with E-state index >= 15 is 0 Å². The molecule has 0 fully saturated rings. The molecule has 1 atom stereocenters. The van der Waals surface area contributed by atoms with Crippen molar-refractivity contribution in [1.82, 2.24) is 4.90 Å². The van der Waals surface area contributed by atoms with Crippen molar-refractivity contribution < 1.29 is 0 Å². The summed E-state index contributed by atoms with van der Waals surface area (Å²) >= 11 is 0. The lowest BCUT2D eigenvalue weighted by molar-refractivity contribution is 0.255. The van der Waals surface area contributed by atoms with Crippen LogP contribution in [0.3, 0.4) is 0 Å². The van der Waals surface area contributed by atoms with Crippen molar-refractivity contribution in [2.75, 3.05) is 25.8 Å². The fourth-order valence-electron chi connectivity index (χ4n) is 2.69. The molecule has 0 rings (SSSR count). The standard InChI is InChI=1S/C18H40NP/c1-3-5-7-11-15-19(16-12-8-6-4-2)17-13-9-10-14-18-20/h3-18,20H2,1-2H3. The van der Waals surface area contributed by atoms with Gasteiger partial charge >= 0.3 is 0 Å². The monoisotopic (exact) mass is 301 g/mol. The van der Waals surface area contributed by atoms with E-state index in [1.165, 1.54) is 103 Å². The van der Waals surface area contributed by atoms with E-state index in [9.17, 15) is 0 Å². The van der Waals surface area contributed by atoms with E-state index in [2.05, 4.69) is 28.0 Å². The highest BCUT2D eigenvalue weighted by molar-refractivity contribution is 7.16. The van der Waals surface area contributed by atoms with Crippen LogP contribution in [0.5, 0.6) is 0 Å². The Balaban J connectivity index is 3.67. The number of hydrogen-bond donors (Lipinski definition) is 0. The molecule has 1 nitrogen and oxygen atoms in total. The summed E-state index contributed by atoms with van der Waals surface area (Å²) < 4.78 is 0. The Morgan fingerprint density at radius 2 is 0.950 bits per heavy atom. The van der Waals surface area contributed by atoms with Gasteiger partial charge < -0.3 is 4.90 Å². The van der Waals surface area contributed by atoms with E-state index in [1.807, 2.05) is 0 Å². The first kappa shape index (κ1) is 20.4. The van der Waals surface area contributed by atoms with Crippen molar-refractivity contribution in [3.05, 3.63) is 0 Å². The Morgan fingerprint density at radius 1 is 0.550 bits per heavy atom. The van der Waals surface area contributed by atoms with Gasteiger partial charge in [0.25, 0.3) is 0 Å². The molecule has 0 aromatic carbocycles. The van der Waals surface area contributed by atoms with Crippen LogP contribution in [0.1, 0.15) is 90.9 Å². The van der Waals surface area contributed by atoms with Gasteiger partial charge in [0.1, 0.15) is 0 Å². The second-order valence-corrected chi connectivity index (χ2v) is 6.74. The van der Waals surface area contributed by atoms with Gasteiger partial charge in [0.05, 0.1) is 0 Å². The van der Waals surface area contributed by atoms with Gasteiger partial charge in [0.2, 0.25) is 0 Å². The minimum Gasteiger partial charge on any atom is -0.303 e. The van der Waals surface area contributed by atoms with Gasteiger partial charge in [-0.1, -0.05) is 65.2 Å². The molecule has 0 amide bonds. The van der Waals surface area contributed by atoms with Crippen LogP contribution >= 0.6 is 9.24 Å². The first-order valence-electron chi connectivity index (χ1n) is 9.27. The summed E-state index contributed by atoms with van der Waals surface area (Å²) in [5.74, 6) is 0. The Kier molecular flexibility index (Phi) is 17.8. The molecule has 0 aromatic rings. The molecule has 122 valence electrons. The average Bonchev–Trinajstić information content (AvgIpc) is 2.47. The second-order valence-electron chi connectivity index (χ2n) is 6.17. The predicted octanol–water partition coefficient (Wildman–Crippen LogP) is 5.88. The van der Waals surface area contributed by atoms with E-state index in [0.717, 1.165) is 0 Å². The van der Waals surface area contributed by atoms with E-state index < -0.39 is 0 Å². The summed E-state index contributed by atoms with van der Waals surface area (Å²) in [5, 5.41) is 0. The Labute approximate surface area is 131 Å². The van der Waals surface area contributed by atoms with Crippen molar-refractivity contribution >= 4 is 9.24 Å². The molecule has 0 aliphatic carbocycles. The van der Waals surface area contributed by atoms with Crippen LogP contribution in [0, 0.1) is 0 Å². The van der Waals surface area contributed by atoms with Crippen LogP contribution in [0.2, 0.25) is 0 Å². The summed E-state index contributed by atoms with van der Waals surface area (Å²) in [6.07, 6.45) is 18.1. The van der Waals surface area contributed by atoms with Crippen LogP contribution in [0.25, 0.3) is 0 Å². The maximum absolute atomic E-state index is 2.84. The van der Waals surface area contributed by atoms with Gasteiger partial charge in [0.15, 0.2) is 0 Å². The molecule has 0 aromatic heterocycles. The highest BCUT2D eigenvalue weighted by Gasteiger charge is 2.04. The van der Waals surface area contributed by atoms with Crippen molar-refractivity contribution in [1.29, 1.82) is 0 Å². The lowest BCUT2D eigenvalue weighted by Crippen LogP contribution is -2.27. The molecular weight excluding hydrogens is 261 g/mol. The SMILES string of the molecule is CCCCCCN(CCCCCC)CCCCCCP. The van der Waals surface area contributed by atoms with E-state index in [-0.39, 0.29) is 0 Å². The van der Waals surface area contributed by atoms with Crippen LogP contribution in [-0.4, -0.2) is 30.7 Å². The zero-order chi connectivity index (χ0) is 14.9. The minimum absolute atomic E-state index is 1.28. The molecule has 1 unspecified atom stereocenters. The maximum Gasteiger partial charge on any atom is -0.00187 e. The molecule has 0 N–H and O–H groups in total. The van der Waals surface area contributed by atoms with Crippen LogP contribution in [0.15, 0.2) is 0 Å². The van der Waals surface area contributed by atoms with Crippen LogP contribution in [-0.2, 0) is 0 Å². The summed E-state index contributed by atoms with van der Waals surface area (Å²) in [5.41, 5.74) is 0. The quantitative estimate of drug-likeness (QED) is 0.254. The maximum atomic E-state index is 2.84. The fourth-order valence-corrected chi connectivity index (χ4v) is 2.98. The predicted molar refractivity (Wildman–Crippen MR) is 97.8 cm³/mol. The van der Waals surface area contributed by atoms with E-state index in [0.29, 0.717) is 0 Å². The minimum atomic E-state index is 1.28. The fraction of sp³-hybridized carbons (Fsp3) is 1.00. The number of nitrogens with zero attached hydrogens (tertiary/aromatic N) is 1. The number of unbranched alkanes of at least 4 members (excludes halogenated alkanes) is 9. The third-order valence-corrected chi connectivity index (χ3v) is 4.49. The van der Waals surface area contributed by atoms with Crippen LogP contribution in [0.4, 0.5) is 0 Å². The molecule has 0 saturated carbocycles. The summed E-state index contributed by atoms with van der Waals surface area (Å²) in [6, 6.07) is 0. The molecule has 0 bridgehead atoms. The smallest absolute Gasteiger partial charge is 0.00187 e. The van der Waals surface area contributed by atoms with Gasteiger partial charge in [-0.3, -0.25) is 0 Å². The Morgan fingerprint density at radius 3 is 1.35 bits per heavy atom. The molecule has 0 aliphatic rings. The molecule has 0 saturated heterocycles. The van der Waals surface area contributed by atoms with Crippen molar-refractivity contribution in [3.8, 4) is 0 Å². The van der Waals surface area contributed by atoms with E-state index in [4.69, 9.17) is 0 Å². The Bertz CT molecular complexity index is 161. The zero-order valence-electron chi connectivity index (χ0n) is 14.3. The molecule has 0 aliphatic heterocycles. The topological polar surface area (TPSA) is 3.24 Å². The first-order chi connectivity index (χ1) is 9.85. The Hall–Kier alpha value is 0.390. The largest absolute Gasteiger partial charge is 0.303 e. The van der Waals surface area contributed by atoms with Gasteiger partial charge in [-0.25, -0.2) is 0 Å². The molecule has 0 heterocycles. The molecule has 20 heavy (non-hydrogen) atoms. The molecule has 0 spiro atoms. The normalized spacial score (nSPS) is 11.4. The summed E-state index contributed by atoms with van der Waals surface area (Å²) in [7, 11) is 2.84. The third-order valence-electron chi connectivity index (χ3n) is 4.08.